The van der Waals surface area contributed by atoms with Gasteiger partial charge in [-0.3, -0.25) is 0 Å². The standard InChI is InChI=1S/C8H19O2PS2.W/c1-5-7(3)9-11(12,13)10-8(4)6-2;/h7-8H,5-6H2,1-4H3,(H,12,13);. The summed E-state index contributed by atoms with van der Waals surface area (Å²) >= 11 is 9.41. The van der Waals surface area contributed by atoms with Crippen LogP contribution in [0.2, 0.25) is 0 Å². The maximum absolute atomic E-state index is 5.53. The van der Waals surface area contributed by atoms with Gasteiger partial charge >= 0.3 is 0 Å². The molecule has 14 heavy (non-hydrogen) atoms. The summed E-state index contributed by atoms with van der Waals surface area (Å²) in [4.78, 5) is 0. The van der Waals surface area contributed by atoms with Crippen molar-refractivity contribution < 1.29 is 30.1 Å². The molecule has 2 nitrogen and oxygen atoms in total. The fourth-order valence-electron chi connectivity index (χ4n) is 0.629. The van der Waals surface area contributed by atoms with Crippen molar-refractivity contribution >= 4 is 29.7 Å². The van der Waals surface area contributed by atoms with Crippen LogP contribution in [0.4, 0.5) is 0 Å². The third-order valence-corrected chi connectivity index (χ3v) is 4.11. The number of hydrogen-bond donors (Lipinski definition) is 1. The molecule has 0 aromatic rings. The van der Waals surface area contributed by atoms with Crippen LogP contribution in [0.25, 0.3) is 0 Å². The van der Waals surface area contributed by atoms with E-state index < -0.39 is 5.69 Å². The number of rotatable bonds is 6. The molecule has 0 fully saturated rings. The summed E-state index contributed by atoms with van der Waals surface area (Å²) in [6.45, 7) is 8.07. The van der Waals surface area contributed by atoms with Gasteiger partial charge in [0.15, 0.2) is 0 Å². The van der Waals surface area contributed by atoms with Crippen LogP contribution in [0.15, 0.2) is 0 Å². The molecule has 0 aliphatic rings. The third-order valence-electron chi connectivity index (χ3n) is 1.78. The van der Waals surface area contributed by atoms with Crippen molar-refractivity contribution in [3.05, 3.63) is 0 Å². The first-order valence-electron chi connectivity index (χ1n) is 4.60. The number of hydrogen-bond acceptors (Lipinski definition) is 3. The van der Waals surface area contributed by atoms with Crippen LogP contribution >= 0.6 is 17.9 Å². The van der Waals surface area contributed by atoms with Crippen molar-refractivity contribution in [3.63, 3.8) is 0 Å². The third kappa shape index (κ3) is 8.88. The van der Waals surface area contributed by atoms with Gasteiger partial charge in [-0.15, -0.1) is 0 Å². The maximum Gasteiger partial charge on any atom is 0.244 e. The Balaban J connectivity index is 0. The fourth-order valence-corrected chi connectivity index (χ4v) is 3.73. The first-order chi connectivity index (χ1) is 5.91. The van der Waals surface area contributed by atoms with E-state index in [0.717, 1.165) is 12.8 Å². The minimum absolute atomic E-state index is 0. The summed E-state index contributed by atoms with van der Waals surface area (Å²) in [6.07, 6.45) is 2.13. The Labute approximate surface area is 112 Å². The van der Waals surface area contributed by atoms with E-state index in [4.69, 9.17) is 20.9 Å². The van der Waals surface area contributed by atoms with E-state index in [1.54, 1.807) is 0 Å². The van der Waals surface area contributed by atoms with Gasteiger partial charge in [-0.2, -0.15) is 0 Å². The summed E-state index contributed by atoms with van der Waals surface area (Å²) in [7, 11) is 0. The first-order valence-corrected chi connectivity index (χ1v) is 8.40. The SMILES string of the molecule is CCC(C)OP(=S)(S)OC(C)CC.[W]. The summed E-state index contributed by atoms with van der Waals surface area (Å²) in [5.41, 5.74) is -2.31. The Kier molecular flexibility index (Phi) is 11.2. The molecule has 2 unspecified atom stereocenters. The summed E-state index contributed by atoms with van der Waals surface area (Å²) < 4.78 is 11.1. The molecular weight excluding hydrogens is 407 g/mol. The van der Waals surface area contributed by atoms with E-state index in [1.807, 2.05) is 13.8 Å². The van der Waals surface area contributed by atoms with Crippen LogP contribution in [-0.4, -0.2) is 12.2 Å². The van der Waals surface area contributed by atoms with Crippen molar-refractivity contribution in [3.8, 4) is 0 Å². The zero-order valence-corrected chi connectivity index (χ0v) is 14.6. The monoisotopic (exact) mass is 426 g/mol. The van der Waals surface area contributed by atoms with Crippen LogP contribution in [0.1, 0.15) is 40.5 Å². The Morgan fingerprint density at radius 3 is 1.64 bits per heavy atom. The Hall–Kier alpha value is 1.61. The van der Waals surface area contributed by atoms with Crippen LogP contribution in [-0.2, 0) is 41.9 Å². The Morgan fingerprint density at radius 1 is 1.14 bits per heavy atom. The van der Waals surface area contributed by atoms with E-state index in [0.29, 0.717) is 0 Å². The van der Waals surface area contributed by atoms with E-state index in [2.05, 4.69) is 26.1 Å². The molecule has 0 N–H and O–H groups in total. The van der Waals surface area contributed by atoms with Gasteiger partial charge in [0.1, 0.15) is 0 Å². The summed E-state index contributed by atoms with van der Waals surface area (Å²) in [6, 6.07) is 0. The van der Waals surface area contributed by atoms with E-state index in [-0.39, 0.29) is 33.3 Å². The largest absolute Gasteiger partial charge is 0.319 e. The second kappa shape index (κ2) is 8.73. The van der Waals surface area contributed by atoms with Crippen molar-refractivity contribution in [1.82, 2.24) is 0 Å². The van der Waals surface area contributed by atoms with Crippen LogP contribution in [0.3, 0.4) is 0 Å². The quantitative estimate of drug-likeness (QED) is 0.516. The predicted octanol–water partition coefficient (Wildman–Crippen LogP) is 3.77. The van der Waals surface area contributed by atoms with Crippen LogP contribution < -0.4 is 0 Å². The fraction of sp³-hybridized carbons (Fsp3) is 1.00. The molecule has 0 rings (SSSR count). The van der Waals surface area contributed by atoms with Gasteiger partial charge in [-0.1, -0.05) is 26.1 Å². The number of thiol groups is 1. The van der Waals surface area contributed by atoms with E-state index in [1.165, 1.54) is 0 Å². The molecule has 86 valence electrons. The molecule has 0 aliphatic carbocycles. The van der Waals surface area contributed by atoms with Gasteiger partial charge in [0.2, 0.25) is 5.69 Å². The molecule has 0 amide bonds. The molecule has 0 spiro atoms. The van der Waals surface area contributed by atoms with E-state index >= 15 is 0 Å². The molecule has 0 bridgehead atoms. The van der Waals surface area contributed by atoms with Crippen LogP contribution in [0.5, 0.6) is 0 Å². The first kappa shape index (κ1) is 18.0. The van der Waals surface area contributed by atoms with Gasteiger partial charge in [0.05, 0.1) is 12.2 Å². The van der Waals surface area contributed by atoms with Gasteiger partial charge in [-0.05, 0) is 38.5 Å². The Morgan fingerprint density at radius 2 is 1.43 bits per heavy atom. The second-order valence-electron chi connectivity index (χ2n) is 3.12. The molecule has 0 saturated heterocycles. The average molecular weight is 426 g/mol. The molecule has 0 heterocycles. The average Bonchev–Trinajstić information content (AvgIpc) is 2.02. The molecule has 6 heteroatoms. The van der Waals surface area contributed by atoms with Crippen molar-refractivity contribution in [2.45, 2.75) is 52.7 Å². The zero-order chi connectivity index (χ0) is 10.5. The predicted molar refractivity (Wildman–Crippen MR) is 64.9 cm³/mol. The molecule has 0 aromatic carbocycles. The van der Waals surface area contributed by atoms with Crippen molar-refractivity contribution in [2.24, 2.45) is 0 Å². The molecule has 0 saturated carbocycles. The molecule has 0 aliphatic heterocycles. The van der Waals surface area contributed by atoms with E-state index in [9.17, 15) is 0 Å². The van der Waals surface area contributed by atoms with Crippen LogP contribution in [0, 0.1) is 0 Å². The minimum Gasteiger partial charge on any atom is -0.319 e. The topological polar surface area (TPSA) is 18.5 Å². The zero-order valence-electron chi connectivity index (χ0n) is 9.10. The van der Waals surface area contributed by atoms with Gasteiger partial charge in [0, 0.05) is 21.1 Å². The maximum atomic E-state index is 5.53. The minimum atomic E-state index is -2.31. The van der Waals surface area contributed by atoms with Crippen molar-refractivity contribution in [1.29, 1.82) is 0 Å². The summed E-state index contributed by atoms with van der Waals surface area (Å²) in [5, 5.41) is 0. The Bertz CT molecular complexity index is 176. The van der Waals surface area contributed by atoms with Gasteiger partial charge < -0.3 is 9.05 Å². The molecule has 0 aromatic heterocycles. The molecular formula is C8H19O2PS2W. The van der Waals surface area contributed by atoms with Gasteiger partial charge in [0.25, 0.3) is 0 Å². The van der Waals surface area contributed by atoms with Crippen molar-refractivity contribution in [2.75, 3.05) is 0 Å². The second-order valence-corrected chi connectivity index (χ2v) is 8.31. The summed E-state index contributed by atoms with van der Waals surface area (Å²) in [5.74, 6) is 0. The molecule has 0 radical (unpaired) electrons. The molecule has 2 atom stereocenters. The van der Waals surface area contributed by atoms with Gasteiger partial charge in [-0.25, -0.2) is 0 Å². The smallest absolute Gasteiger partial charge is 0.244 e. The normalized spacial score (nSPS) is 19.2.